The number of nitrogens with zero attached hydrogens (tertiary/aromatic N) is 5. The van der Waals surface area contributed by atoms with Crippen molar-refractivity contribution in [2.24, 2.45) is 12.5 Å². The monoisotopic (exact) mass is 411 g/mol. The molecule has 2 atom stereocenters. The van der Waals surface area contributed by atoms with Gasteiger partial charge in [-0.15, -0.1) is 5.10 Å². The third kappa shape index (κ3) is 3.30. The summed E-state index contributed by atoms with van der Waals surface area (Å²) in [5, 5.41) is 20.5. The van der Waals surface area contributed by atoms with Gasteiger partial charge in [-0.1, -0.05) is 17.3 Å². The van der Waals surface area contributed by atoms with Crippen molar-refractivity contribution < 1.29 is 9.50 Å². The van der Waals surface area contributed by atoms with Crippen molar-refractivity contribution in [1.29, 1.82) is 0 Å². The van der Waals surface area contributed by atoms with E-state index >= 15 is 0 Å². The van der Waals surface area contributed by atoms with Crippen molar-refractivity contribution in [2.75, 3.05) is 6.61 Å². The van der Waals surface area contributed by atoms with Crippen LogP contribution in [0.5, 0.6) is 0 Å². The summed E-state index contributed by atoms with van der Waals surface area (Å²) in [6.45, 7) is 0.118. The van der Waals surface area contributed by atoms with Gasteiger partial charge in [0.1, 0.15) is 12.1 Å². The second-order valence-electron chi connectivity index (χ2n) is 7.91. The zero-order valence-electron chi connectivity index (χ0n) is 16.1. The molecule has 8 heteroatoms. The number of fused-ring (bicyclic) bond motifs is 2. The molecule has 0 aliphatic heterocycles. The van der Waals surface area contributed by atoms with E-state index in [9.17, 15) is 9.50 Å². The highest BCUT2D eigenvalue weighted by molar-refractivity contribution is 7.99. The zero-order chi connectivity index (χ0) is 20.0. The van der Waals surface area contributed by atoms with Crippen molar-refractivity contribution >= 4 is 17.8 Å². The van der Waals surface area contributed by atoms with Crippen LogP contribution in [0.1, 0.15) is 30.5 Å². The van der Waals surface area contributed by atoms with Crippen molar-refractivity contribution in [1.82, 2.24) is 24.5 Å². The van der Waals surface area contributed by atoms with Crippen molar-refractivity contribution in [3.8, 4) is 5.69 Å². The van der Waals surface area contributed by atoms with Gasteiger partial charge in [-0.3, -0.25) is 4.68 Å². The fourth-order valence-electron chi connectivity index (χ4n) is 4.51. The Morgan fingerprint density at radius 3 is 2.86 bits per heavy atom. The Balaban J connectivity index is 1.44. The van der Waals surface area contributed by atoms with Gasteiger partial charge in [-0.25, -0.2) is 14.1 Å². The fourth-order valence-corrected chi connectivity index (χ4v) is 5.73. The Morgan fingerprint density at radius 1 is 1.31 bits per heavy atom. The summed E-state index contributed by atoms with van der Waals surface area (Å²) < 4.78 is 16.9. The molecule has 2 aromatic heterocycles. The van der Waals surface area contributed by atoms with Gasteiger partial charge in [-0.05, 0) is 61.6 Å². The summed E-state index contributed by atoms with van der Waals surface area (Å²) in [5.41, 5.74) is 4.02. The topological polar surface area (TPSA) is 68.8 Å². The van der Waals surface area contributed by atoms with Gasteiger partial charge in [0, 0.05) is 17.7 Å². The number of aliphatic hydroxyl groups is 1. The molecule has 1 saturated carbocycles. The number of aliphatic hydroxyl groups excluding tert-OH is 1. The van der Waals surface area contributed by atoms with Crippen LogP contribution in [-0.4, -0.2) is 41.5 Å². The molecule has 0 spiro atoms. The number of benzene rings is 1. The Bertz CT molecular complexity index is 1070. The van der Waals surface area contributed by atoms with Crippen molar-refractivity contribution in [2.45, 2.75) is 36.1 Å². The Kier molecular flexibility index (Phi) is 4.55. The highest BCUT2D eigenvalue weighted by Gasteiger charge is 2.43. The first-order valence-corrected chi connectivity index (χ1v) is 10.6. The molecule has 1 aromatic carbocycles. The SMILES string of the molecule is Cn1cnc(S[C@H]2CCC3=Cc4c(cnn4-c4ccc(F)cc4)C[C@]3(CO)C2)n1. The summed E-state index contributed by atoms with van der Waals surface area (Å²) in [6, 6.07) is 6.38. The molecule has 29 heavy (non-hydrogen) atoms. The molecule has 5 rings (SSSR count). The maximum Gasteiger partial charge on any atom is 0.208 e. The normalized spacial score (nSPS) is 23.4. The third-order valence-corrected chi connectivity index (χ3v) is 7.12. The van der Waals surface area contributed by atoms with Crippen LogP contribution in [0, 0.1) is 11.2 Å². The van der Waals surface area contributed by atoms with Crippen LogP contribution in [-0.2, 0) is 13.5 Å². The van der Waals surface area contributed by atoms with Gasteiger partial charge in [-0.2, -0.15) is 5.10 Å². The molecule has 0 bridgehead atoms. The number of aryl methyl sites for hydroxylation is 1. The van der Waals surface area contributed by atoms with Crippen LogP contribution >= 0.6 is 11.8 Å². The minimum absolute atomic E-state index is 0.118. The molecule has 0 amide bonds. The summed E-state index contributed by atoms with van der Waals surface area (Å²) in [5.74, 6) is -0.259. The first-order chi connectivity index (χ1) is 14.1. The number of rotatable bonds is 4. The van der Waals surface area contributed by atoms with E-state index in [0.717, 1.165) is 47.8 Å². The number of hydrogen-bond acceptors (Lipinski definition) is 5. The average molecular weight is 412 g/mol. The maximum atomic E-state index is 13.3. The maximum absolute atomic E-state index is 13.3. The average Bonchev–Trinajstić information content (AvgIpc) is 3.32. The van der Waals surface area contributed by atoms with Crippen LogP contribution in [0.3, 0.4) is 0 Å². The molecule has 0 saturated heterocycles. The summed E-state index contributed by atoms with van der Waals surface area (Å²) >= 11 is 1.70. The van der Waals surface area contributed by atoms with E-state index in [1.54, 1.807) is 34.9 Å². The third-order valence-electron chi connectivity index (χ3n) is 5.99. The molecule has 2 heterocycles. The molecule has 6 nitrogen and oxygen atoms in total. The van der Waals surface area contributed by atoms with E-state index in [4.69, 9.17) is 0 Å². The lowest BCUT2D eigenvalue weighted by Crippen LogP contribution is -2.39. The van der Waals surface area contributed by atoms with Crippen LogP contribution in [0.2, 0.25) is 0 Å². The van der Waals surface area contributed by atoms with Crippen molar-refractivity contribution in [3.05, 3.63) is 59.4 Å². The minimum atomic E-state index is -0.259. The Morgan fingerprint density at radius 2 is 2.14 bits per heavy atom. The molecule has 150 valence electrons. The Labute approximate surface area is 172 Å². The number of halogens is 1. The van der Waals surface area contributed by atoms with E-state index in [0.29, 0.717) is 5.25 Å². The number of thioether (sulfide) groups is 1. The molecule has 0 unspecified atom stereocenters. The quantitative estimate of drug-likeness (QED) is 0.713. The zero-order valence-corrected chi connectivity index (χ0v) is 16.9. The number of hydrogen-bond donors (Lipinski definition) is 1. The summed E-state index contributed by atoms with van der Waals surface area (Å²) in [6.07, 6.45) is 9.38. The fraction of sp³-hybridized carbons (Fsp3) is 0.381. The van der Waals surface area contributed by atoms with Crippen LogP contribution in [0.15, 0.2) is 47.5 Å². The predicted molar refractivity (Wildman–Crippen MR) is 109 cm³/mol. The van der Waals surface area contributed by atoms with E-state index in [-0.39, 0.29) is 17.8 Å². The molecule has 0 radical (unpaired) electrons. The van der Waals surface area contributed by atoms with Crippen LogP contribution < -0.4 is 0 Å². The van der Waals surface area contributed by atoms with E-state index in [2.05, 4.69) is 21.3 Å². The van der Waals surface area contributed by atoms with Crippen molar-refractivity contribution in [3.63, 3.8) is 0 Å². The lowest BCUT2D eigenvalue weighted by atomic mass is 9.65. The highest BCUT2D eigenvalue weighted by Crippen LogP contribution is 2.50. The van der Waals surface area contributed by atoms with E-state index < -0.39 is 0 Å². The van der Waals surface area contributed by atoms with Gasteiger partial charge < -0.3 is 5.11 Å². The molecular formula is C21H22FN5OS. The van der Waals surface area contributed by atoms with Gasteiger partial charge in [0.15, 0.2) is 0 Å². The second kappa shape index (κ2) is 7.11. The van der Waals surface area contributed by atoms with Crippen LogP contribution in [0.25, 0.3) is 11.8 Å². The standard InChI is InChI=1S/C21H22FN5OS/c1-26-13-23-20(25-26)29-18-7-2-15-8-19-14(9-21(15,10-18)12-28)11-24-27(19)17-5-3-16(22)4-6-17/h3-6,8,11,13,18,28H,2,7,9-10,12H2,1H3/t18-,21+/m0/s1. The first-order valence-electron chi connectivity index (χ1n) is 9.73. The van der Waals surface area contributed by atoms with E-state index in [1.807, 2.05) is 17.9 Å². The molecule has 3 aromatic rings. The minimum Gasteiger partial charge on any atom is -0.395 e. The van der Waals surface area contributed by atoms with E-state index in [1.165, 1.54) is 17.7 Å². The lowest BCUT2D eigenvalue weighted by Gasteiger charge is -2.43. The molecule has 2 aliphatic carbocycles. The highest BCUT2D eigenvalue weighted by atomic mass is 32.2. The van der Waals surface area contributed by atoms with Crippen LogP contribution in [0.4, 0.5) is 4.39 Å². The number of aromatic nitrogens is 5. The first kappa shape index (κ1) is 18.6. The smallest absolute Gasteiger partial charge is 0.208 e. The van der Waals surface area contributed by atoms with Gasteiger partial charge in [0.05, 0.1) is 24.2 Å². The molecule has 1 N–H and O–H groups in total. The van der Waals surface area contributed by atoms with Gasteiger partial charge >= 0.3 is 0 Å². The largest absolute Gasteiger partial charge is 0.395 e. The Hall–Kier alpha value is -2.45. The molecule has 2 aliphatic rings. The summed E-state index contributed by atoms with van der Waals surface area (Å²) in [4.78, 5) is 4.34. The van der Waals surface area contributed by atoms with Gasteiger partial charge in [0.2, 0.25) is 5.16 Å². The second-order valence-corrected chi connectivity index (χ2v) is 9.18. The summed E-state index contributed by atoms with van der Waals surface area (Å²) in [7, 11) is 1.87. The lowest BCUT2D eigenvalue weighted by molar-refractivity contribution is 0.131. The van der Waals surface area contributed by atoms with Gasteiger partial charge in [0.25, 0.3) is 0 Å². The molecular weight excluding hydrogens is 389 g/mol. The molecule has 1 fully saturated rings. The predicted octanol–water partition coefficient (Wildman–Crippen LogP) is 3.40.